The van der Waals surface area contributed by atoms with Crippen LogP contribution in [-0.4, -0.2) is 22.9 Å². The molecule has 0 saturated carbocycles. The van der Waals surface area contributed by atoms with Crippen LogP contribution in [-0.2, 0) is 0 Å². The predicted molar refractivity (Wildman–Crippen MR) is 116 cm³/mol. The van der Waals surface area contributed by atoms with Crippen molar-refractivity contribution in [3.63, 3.8) is 0 Å². The summed E-state index contributed by atoms with van der Waals surface area (Å²) in [4.78, 5) is 28.0. The third-order valence-corrected chi connectivity index (χ3v) is 4.43. The van der Waals surface area contributed by atoms with Crippen molar-refractivity contribution in [3.05, 3.63) is 105 Å². The first-order chi connectivity index (χ1) is 14.0. The topological polar surface area (TPSA) is 71.4 Å². The number of rotatable bonds is 6. The lowest BCUT2D eigenvalue weighted by Gasteiger charge is -2.01. The van der Waals surface area contributed by atoms with Crippen molar-refractivity contribution >= 4 is 47.2 Å². The second-order valence-electron chi connectivity index (χ2n) is 5.92. The molecule has 5 nitrogen and oxygen atoms in total. The number of pyridine rings is 1. The van der Waals surface area contributed by atoms with Crippen LogP contribution in [0, 0.1) is 0 Å². The first-order valence-corrected chi connectivity index (χ1v) is 9.29. The second-order valence-corrected chi connectivity index (χ2v) is 6.77. The first kappa shape index (κ1) is 20.5. The molecule has 1 amide bonds. The number of carbonyl (C=O) groups is 2. The fourth-order valence-electron chi connectivity index (χ4n) is 2.38. The van der Waals surface area contributed by atoms with Gasteiger partial charge in [0.05, 0.1) is 11.2 Å². The van der Waals surface area contributed by atoms with Crippen LogP contribution >= 0.6 is 23.2 Å². The van der Waals surface area contributed by atoms with Gasteiger partial charge >= 0.3 is 0 Å². The van der Waals surface area contributed by atoms with Crippen molar-refractivity contribution in [1.29, 1.82) is 0 Å². The number of ketones is 1. The smallest absolute Gasteiger partial charge is 0.271 e. The predicted octanol–water partition coefficient (Wildman–Crippen LogP) is 5.05. The first-order valence-electron chi connectivity index (χ1n) is 8.54. The van der Waals surface area contributed by atoms with Crippen molar-refractivity contribution in [2.24, 2.45) is 5.10 Å². The third-order valence-electron chi connectivity index (χ3n) is 3.88. The summed E-state index contributed by atoms with van der Waals surface area (Å²) in [7, 11) is 0. The Morgan fingerprint density at radius 2 is 1.62 bits per heavy atom. The van der Waals surface area contributed by atoms with Crippen LogP contribution in [0.15, 0.2) is 78.2 Å². The van der Waals surface area contributed by atoms with Crippen molar-refractivity contribution in [2.45, 2.75) is 0 Å². The van der Waals surface area contributed by atoms with Crippen LogP contribution in [0.2, 0.25) is 10.0 Å². The summed E-state index contributed by atoms with van der Waals surface area (Å²) in [6, 6.07) is 15.3. The quantitative estimate of drug-likeness (QED) is 0.261. The summed E-state index contributed by atoms with van der Waals surface area (Å²) in [6.07, 6.45) is 7.75. The molecule has 0 aliphatic carbocycles. The van der Waals surface area contributed by atoms with Gasteiger partial charge in [-0.2, -0.15) is 5.10 Å². The molecule has 7 heteroatoms. The monoisotopic (exact) mass is 423 g/mol. The van der Waals surface area contributed by atoms with Gasteiger partial charge in [-0.3, -0.25) is 14.6 Å². The zero-order valence-electron chi connectivity index (χ0n) is 15.0. The summed E-state index contributed by atoms with van der Waals surface area (Å²) in [5.41, 5.74) is 4.95. The lowest BCUT2D eigenvalue weighted by Crippen LogP contribution is -2.17. The zero-order valence-corrected chi connectivity index (χ0v) is 16.6. The number of halogens is 2. The Kier molecular flexibility index (Phi) is 6.89. The molecular weight excluding hydrogens is 409 g/mol. The Hall–Kier alpha value is -3.28. The Labute approximate surface area is 177 Å². The molecule has 0 fully saturated rings. The van der Waals surface area contributed by atoms with Gasteiger partial charge in [0.2, 0.25) is 0 Å². The van der Waals surface area contributed by atoms with E-state index in [0.717, 1.165) is 11.1 Å². The minimum absolute atomic E-state index is 0.212. The van der Waals surface area contributed by atoms with Crippen molar-refractivity contribution in [3.8, 4) is 0 Å². The van der Waals surface area contributed by atoms with Gasteiger partial charge in [-0.05, 0) is 47.5 Å². The van der Waals surface area contributed by atoms with E-state index in [1.807, 2.05) is 24.3 Å². The maximum absolute atomic E-state index is 12.3. The SMILES string of the molecule is O=C(N/N=C/c1ccc(/C=C/C(=O)c2ccc(Cl)cc2Cl)cc1)c1ccncc1. The van der Waals surface area contributed by atoms with E-state index >= 15 is 0 Å². The summed E-state index contributed by atoms with van der Waals surface area (Å²) in [5.74, 6) is -0.529. The molecule has 29 heavy (non-hydrogen) atoms. The lowest BCUT2D eigenvalue weighted by atomic mass is 10.1. The van der Waals surface area contributed by atoms with Crippen molar-refractivity contribution in [1.82, 2.24) is 10.4 Å². The number of hydrogen-bond donors (Lipinski definition) is 1. The Bertz CT molecular complexity index is 1080. The standard InChI is InChI=1S/C22H15Cl2N3O2/c23-18-6-7-19(20(24)13-18)21(28)8-5-15-1-3-16(4-2-15)14-26-27-22(29)17-9-11-25-12-10-17/h1-14H,(H,27,29)/b8-5+,26-14+. The van der Waals surface area contributed by atoms with Crippen molar-refractivity contribution in [2.75, 3.05) is 0 Å². The molecule has 3 aromatic rings. The molecule has 0 aliphatic rings. The van der Waals surface area contributed by atoms with Crippen LogP contribution in [0.25, 0.3) is 6.08 Å². The number of hydrogen-bond acceptors (Lipinski definition) is 4. The number of hydrazone groups is 1. The highest BCUT2D eigenvalue weighted by atomic mass is 35.5. The van der Waals surface area contributed by atoms with Crippen LogP contribution < -0.4 is 5.43 Å². The van der Waals surface area contributed by atoms with Crippen LogP contribution in [0.3, 0.4) is 0 Å². The Balaban J connectivity index is 1.59. The molecule has 0 bridgehead atoms. The number of allylic oxidation sites excluding steroid dienone is 1. The fourth-order valence-corrected chi connectivity index (χ4v) is 2.88. The molecule has 0 atom stereocenters. The van der Waals surface area contributed by atoms with Gasteiger partial charge in [-0.25, -0.2) is 5.43 Å². The maximum Gasteiger partial charge on any atom is 0.271 e. The fraction of sp³-hybridized carbons (Fsp3) is 0. The van der Waals surface area contributed by atoms with E-state index in [9.17, 15) is 9.59 Å². The van der Waals surface area contributed by atoms with E-state index in [4.69, 9.17) is 23.2 Å². The molecule has 0 radical (unpaired) electrons. The number of amides is 1. The van der Waals surface area contributed by atoms with Crippen LogP contribution in [0.1, 0.15) is 31.8 Å². The Morgan fingerprint density at radius 3 is 2.31 bits per heavy atom. The summed E-state index contributed by atoms with van der Waals surface area (Å²) in [5, 5.41) is 4.72. The van der Waals surface area contributed by atoms with Gasteiger partial charge in [0.25, 0.3) is 5.91 Å². The van der Waals surface area contributed by atoms with Gasteiger partial charge in [0.1, 0.15) is 0 Å². The van der Waals surface area contributed by atoms with Gasteiger partial charge in [0, 0.05) is 28.5 Å². The average Bonchev–Trinajstić information content (AvgIpc) is 2.73. The molecule has 1 heterocycles. The maximum atomic E-state index is 12.3. The summed E-state index contributed by atoms with van der Waals surface area (Å²) in [6.45, 7) is 0. The summed E-state index contributed by atoms with van der Waals surface area (Å²) < 4.78 is 0. The van der Waals surface area contributed by atoms with Crippen molar-refractivity contribution < 1.29 is 9.59 Å². The molecule has 0 spiro atoms. The summed E-state index contributed by atoms with van der Waals surface area (Å²) >= 11 is 11.9. The minimum atomic E-state index is -0.317. The number of carbonyl (C=O) groups excluding carboxylic acids is 2. The van der Waals surface area contributed by atoms with E-state index < -0.39 is 0 Å². The van der Waals surface area contributed by atoms with Gasteiger partial charge < -0.3 is 0 Å². The van der Waals surface area contributed by atoms with Crippen LogP contribution in [0.5, 0.6) is 0 Å². The lowest BCUT2D eigenvalue weighted by molar-refractivity contribution is 0.0954. The highest BCUT2D eigenvalue weighted by Crippen LogP contribution is 2.22. The minimum Gasteiger partial charge on any atom is -0.289 e. The largest absolute Gasteiger partial charge is 0.289 e. The average molecular weight is 424 g/mol. The molecule has 0 unspecified atom stereocenters. The molecule has 3 rings (SSSR count). The highest BCUT2D eigenvalue weighted by Gasteiger charge is 2.07. The van der Waals surface area contributed by atoms with Gasteiger partial charge in [-0.1, -0.05) is 53.5 Å². The second kappa shape index (κ2) is 9.78. The van der Waals surface area contributed by atoms with E-state index in [1.165, 1.54) is 30.8 Å². The number of benzene rings is 2. The normalized spacial score (nSPS) is 11.1. The van der Waals surface area contributed by atoms with Crippen LogP contribution in [0.4, 0.5) is 0 Å². The molecule has 1 N–H and O–H groups in total. The van der Waals surface area contributed by atoms with E-state index in [2.05, 4.69) is 15.5 Å². The number of nitrogens with one attached hydrogen (secondary N) is 1. The van der Waals surface area contributed by atoms with E-state index in [1.54, 1.807) is 30.3 Å². The van der Waals surface area contributed by atoms with Gasteiger partial charge in [-0.15, -0.1) is 0 Å². The molecule has 144 valence electrons. The van der Waals surface area contributed by atoms with E-state index in [0.29, 0.717) is 21.2 Å². The highest BCUT2D eigenvalue weighted by molar-refractivity contribution is 6.37. The molecule has 2 aromatic carbocycles. The number of aromatic nitrogens is 1. The Morgan fingerprint density at radius 1 is 0.931 bits per heavy atom. The van der Waals surface area contributed by atoms with E-state index in [-0.39, 0.29) is 11.7 Å². The molecular formula is C22H15Cl2N3O2. The number of nitrogens with zero attached hydrogens (tertiary/aromatic N) is 2. The molecule has 0 aliphatic heterocycles. The third kappa shape index (κ3) is 5.85. The van der Waals surface area contributed by atoms with Gasteiger partial charge in [0.15, 0.2) is 5.78 Å². The molecule has 1 aromatic heterocycles. The molecule has 0 saturated heterocycles. The zero-order chi connectivity index (χ0) is 20.6.